The highest BCUT2D eigenvalue weighted by atomic mass is 32.1. The van der Waals surface area contributed by atoms with Crippen molar-refractivity contribution in [3.05, 3.63) is 106 Å². The third-order valence-electron chi connectivity index (χ3n) is 6.25. The van der Waals surface area contributed by atoms with Crippen molar-refractivity contribution in [1.29, 1.82) is 0 Å². The first-order valence-electron chi connectivity index (χ1n) is 12.1. The monoisotopic (exact) mass is 543 g/mol. The molecule has 39 heavy (non-hydrogen) atoms. The number of carbonyl (C=O) groups excluding carboxylic acids is 3. The minimum Gasteiger partial charge on any atom is -0.497 e. The lowest BCUT2D eigenvalue weighted by molar-refractivity contribution is -0.122. The van der Waals surface area contributed by atoms with E-state index in [-0.39, 0.29) is 22.8 Å². The summed E-state index contributed by atoms with van der Waals surface area (Å²) in [6.07, 6.45) is 0. The van der Waals surface area contributed by atoms with Crippen LogP contribution in [0.3, 0.4) is 0 Å². The first-order valence-corrected chi connectivity index (χ1v) is 12.9. The minimum atomic E-state index is -1.09. The van der Waals surface area contributed by atoms with Crippen LogP contribution in [0.4, 0.5) is 11.4 Å². The zero-order valence-corrected chi connectivity index (χ0v) is 22.6. The maximum atomic E-state index is 14.2. The fourth-order valence-corrected chi connectivity index (χ4v) is 4.91. The zero-order chi connectivity index (χ0) is 28.1. The summed E-state index contributed by atoms with van der Waals surface area (Å²) in [6.45, 7) is 4.01. The van der Waals surface area contributed by atoms with Crippen molar-refractivity contribution in [2.24, 2.45) is 5.73 Å². The lowest BCUT2D eigenvalue weighted by Gasteiger charge is -2.32. The van der Waals surface area contributed by atoms with Gasteiger partial charge in [0.25, 0.3) is 11.8 Å². The topological polar surface area (TPSA) is 141 Å². The van der Waals surface area contributed by atoms with Crippen molar-refractivity contribution in [3.63, 3.8) is 0 Å². The number of carbonyl (C=O) groups is 3. The summed E-state index contributed by atoms with van der Waals surface area (Å²) >= 11 is 0.768. The molecule has 0 aliphatic heterocycles. The van der Waals surface area contributed by atoms with E-state index >= 15 is 0 Å². The molecule has 1 aromatic heterocycles. The molecular formula is C29H29N5O4S. The number of nitrogens with two attached hydrogens (primary N) is 2. The Balaban J connectivity index is 1.87. The van der Waals surface area contributed by atoms with Gasteiger partial charge in [0.05, 0.1) is 12.8 Å². The molecule has 0 saturated heterocycles. The molecule has 0 unspecified atom stereocenters. The molecule has 5 N–H and O–H groups in total. The number of benzene rings is 3. The van der Waals surface area contributed by atoms with Gasteiger partial charge in [-0.1, -0.05) is 54.6 Å². The summed E-state index contributed by atoms with van der Waals surface area (Å²) in [5.74, 6) is -1.23. The van der Waals surface area contributed by atoms with E-state index in [1.807, 2.05) is 62.4 Å². The molecule has 9 nitrogen and oxygen atoms in total. The number of hydrogen-bond donors (Lipinski definition) is 3. The maximum absolute atomic E-state index is 14.2. The lowest BCUT2D eigenvalue weighted by atomic mass is 10.00. The Morgan fingerprint density at radius 1 is 1.03 bits per heavy atom. The van der Waals surface area contributed by atoms with Crippen molar-refractivity contribution >= 4 is 40.6 Å². The van der Waals surface area contributed by atoms with Crippen LogP contribution in [0, 0.1) is 13.8 Å². The molecule has 0 spiro atoms. The van der Waals surface area contributed by atoms with Gasteiger partial charge in [0.1, 0.15) is 16.7 Å². The molecular weight excluding hydrogens is 514 g/mol. The Labute approximate surface area is 230 Å². The molecule has 1 heterocycles. The van der Waals surface area contributed by atoms with Crippen LogP contribution in [-0.2, 0) is 11.3 Å². The van der Waals surface area contributed by atoms with E-state index in [4.69, 9.17) is 16.2 Å². The highest BCUT2D eigenvalue weighted by Crippen LogP contribution is 2.35. The Kier molecular flexibility index (Phi) is 8.26. The maximum Gasteiger partial charge on any atom is 0.273 e. The zero-order valence-electron chi connectivity index (χ0n) is 21.8. The molecule has 10 heteroatoms. The summed E-state index contributed by atoms with van der Waals surface area (Å²) in [5, 5.41) is 2.97. The predicted octanol–water partition coefficient (Wildman–Crippen LogP) is 4.15. The minimum absolute atomic E-state index is 0.0130. The molecule has 0 radical (unpaired) electrons. The number of anilines is 2. The van der Waals surface area contributed by atoms with Gasteiger partial charge in [0.15, 0.2) is 5.69 Å². The van der Waals surface area contributed by atoms with Gasteiger partial charge in [-0.05, 0) is 65.8 Å². The highest BCUT2D eigenvalue weighted by molar-refractivity contribution is 7.09. The van der Waals surface area contributed by atoms with E-state index in [0.717, 1.165) is 28.2 Å². The number of ether oxygens (including phenoxy) is 1. The fraction of sp³-hybridized carbons (Fsp3) is 0.172. The number of methoxy groups -OCH3 is 1. The van der Waals surface area contributed by atoms with Crippen LogP contribution in [0.2, 0.25) is 0 Å². The number of nitrogens with zero attached hydrogens (tertiary/aromatic N) is 2. The number of rotatable bonds is 9. The number of nitrogens with one attached hydrogen (secondary N) is 1. The third-order valence-corrected chi connectivity index (χ3v) is 7.10. The van der Waals surface area contributed by atoms with E-state index in [2.05, 4.69) is 9.69 Å². The second-order valence-electron chi connectivity index (χ2n) is 8.98. The van der Waals surface area contributed by atoms with Gasteiger partial charge in [-0.3, -0.25) is 19.3 Å². The number of aryl methyl sites for hydroxylation is 2. The van der Waals surface area contributed by atoms with Crippen molar-refractivity contribution in [2.45, 2.75) is 26.4 Å². The number of aromatic nitrogens is 1. The summed E-state index contributed by atoms with van der Waals surface area (Å²) in [5.41, 5.74) is 14.9. The molecule has 1 atom stereocenters. The predicted molar refractivity (Wildman–Crippen MR) is 152 cm³/mol. The molecule has 0 bridgehead atoms. The van der Waals surface area contributed by atoms with Crippen LogP contribution in [-0.4, -0.2) is 29.2 Å². The molecule has 4 aromatic rings. The number of primary amides is 1. The fourth-order valence-electron chi connectivity index (χ4n) is 4.17. The Hall–Kier alpha value is -4.70. The van der Waals surface area contributed by atoms with E-state index in [0.29, 0.717) is 17.0 Å². The van der Waals surface area contributed by atoms with Gasteiger partial charge in [0, 0.05) is 12.2 Å². The largest absolute Gasteiger partial charge is 0.497 e. The number of nitrogen functional groups attached to an aromatic ring is 1. The Morgan fingerprint density at radius 3 is 2.33 bits per heavy atom. The molecule has 0 aliphatic rings. The lowest BCUT2D eigenvalue weighted by Crippen LogP contribution is -2.44. The van der Waals surface area contributed by atoms with E-state index in [1.54, 1.807) is 31.4 Å². The molecule has 0 fully saturated rings. The van der Waals surface area contributed by atoms with Crippen LogP contribution < -0.4 is 26.4 Å². The van der Waals surface area contributed by atoms with Crippen LogP contribution in [0.5, 0.6) is 5.75 Å². The molecule has 3 amide bonds. The van der Waals surface area contributed by atoms with Gasteiger partial charge in [0.2, 0.25) is 5.91 Å². The summed E-state index contributed by atoms with van der Waals surface area (Å²) in [7, 11) is 1.55. The van der Waals surface area contributed by atoms with Gasteiger partial charge < -0.3 is 21.5 Å². The molecule has 4 rings (SSSR count). The Morgan fingerprint density at radius 2 is 1.72 bits per heavy atom. The third kappa shape index (κ3) is 5.91. The summed E-state index contributed by atoms with van der Waals surface area (Å²) < 4.78 is 9.31. The number of amides is 3. The first kappa shape index (κ1) is 27.3. The van der Waals surface area contributed by atoms with Crippen molar-refractivity contribution in [3.8, 4) is 5.75 Å². The molecule has 200 valence electrons. The van der Waals surface area contributed by atoms with Gasteiger partial charge >= 0.3 is 0 Å². The molecule has 0 aliphatic carbocycles. The summed E-state index contributed by atoms with van der Waals surface area (Å²) in [6, 6.07) is 20.9. The van der Waals surface area contributed by atoms with Crippen molar-refractivity contribution in [1.82, 2.24) is 9.69 Å². The van der Waals surface area contributed by atoms with E-state index < -0.39 is 23.8 Å². The van der Waals surface area contributed by atoms with Gasteiger partial charge in [-0.15, -0.1) is 0 Å². The van der Waals surface area contributed by atoms with Crippen molar-refractivity contribution in [2.75, 3.05) is 17.7 Å². The average Bonchev–Trinajstić information content (AvgIpc) is 3.33. The normalized spacial score (nSPS) is 11.5. The quantitative estimate of drug-likeness (QED) is 0.290. The first-order chi connectivity index (χ1) is 18.7. The van der Waals surface area contributed by atoms with Gasteiger partial charge in [-0.25, -0.2) is 0 Å². The Bertz CT molecular complexity index is 1500. The highest BCUT2D eigenvalue weighted by Gasteiger charge is 2.36. The van der Waals surface area contributed by atoms with E-state index in [1.165, 1.54) is 4.90 Å². The molecule has 3 aromatic carbocycles. The van der Waals surface area contributed by atoms with Gasteiger partial charge in [-0.2, -0.15) is 4.37 Å². The van der Waals surface area contributed by atoms with Crippen LogP contribution in [0.1, 0.15) is 48.5 Å². The van der Waals surface area contributed by atoms with E-state index in [9.17, 15) is 14.4 Å². The van der Waals surface area contributed by atoms with Crippen molar-refractivity contribution < 1.29 is 19.1 Å². The van der Waals surface area contributed by atoms with Crippen LogP contribution in [0.25, 0.3) is 0 Å². The summed E-state index contributed by atoms with van der Waals surface area (Å²) in [4.78, 5) is 41.4. The second kappa shape index (κ2) is 11.8. The molecule has 0 saturated carbocycles. The second-order valence-corrected chi connectivity index (χ2v) is 9.76. The number of hydrogen-bond acceptors (Lipinski definition) is 7. The van der Waals surface area contributed by atoms with Crippen LogP contribution in [0.15, 0.2) is 72.8 Å². The smallest absolute Gasteiger partial charge is 0.273 e. The standard InChI is InChI=1S/C29H29N5O4S/c1-17-9-10-18(2)22(15-17)34(29(37)26-23(30)24(27(31)35)33-39-26)25(20-11-13-21(38-3)14-12-20)28(36)32-16-19-7-5-4-6-8-19/h4-15,25H,16,30H2,1-3H3,(H2,31,35)(H,32,36)/t25-/m0/s1. The van der Waals surface area contributed by atoms with Crippen LogP contribution >= 0.6 is 11.5 Å². The average molecular weight is 544 g/mol. The SMILES string of the molecule is COc1ccc([C@@H](C(=O)NCc2ccccc2)N(C(=O)c2snc(C(N)=O)c2N)c2cc(C)ccc2C)cc1.